The van der Waals surface area contributed by atoms with Crippen LogP contribution in [0.1, 0.15) is 25.7 Å². The summed E-state index contributed by atoms with van der Waals surface area (Å²) in [5, 5.41) is 8.23. The van der Waals surface area contributed by atoms with Crippen LogP contribution in [-0.4, -0.2) is 62.9 Å². The van der Waals surface area contributed by atoms with Crippen molar-refractivity contribution in [2.75, 3.05) is 26.2 Å². The van der Waals surface area contributed by atoms with Crippen molar-refractivity contribution >= 4 is 16.9 Å². The van der Waals surface area contributed by atoms with E-state index in [9.17, 15) is 4.79 Å². The third-order valence-corrected chi connectivity index (χ3v) is 5.21. The molecule has 0 spiro atoms. The fourth-order valence-electron chi connectivity index (χ4n) is 3.87. The number of carbonyl (C=O) groups is 1. The molecule has 1 saturated heterocycles. The Bertz CT molecular complexity index is 683. The fourth-order valence-corrected chi connectivity index (χ4v) is 3.87. The number of benzene rings is 1. The summed E-state index contributed by atoms with van der Waals surface area (Å²) in [4.78, 5) is 17.1. The van der Waals surface area contributed by atoms with Crippen molar-refractivity contribution < 1.29 is 4.79 Å². The first-order valence-corrected chi connectivity index (χ1v) is 8.61. The van der Waals surface area contributed by atoms with Crippen molar-refractivity contribution in [3.05, 3.63) is 24.3 Å². The van der Waals surface area contributed by atoms with Crippen LogP contribution in [0.4, 0.5) is 0 Å². The molecule has 0 atom stereocenters. The summed E-state index contributed by atoms with van der Waals surface area (Å²) >= 11 is 0. The van der Waals surface area contributed by atoms with Gasteiger partial charge in [-0.25, -0.2) is 4.68 Å². The minimum atomic E-state index is 0.145. The molecule has 6 heteroatoms. The van der Waals surface area contributed by atoms with Crippen LogP contribution >= 0.6 is 0 Å². The van der Waals surface area contributed by atoms with Crippen LogP contribution in [0.25, 0.3) is 11.0 Å². The molecule has 1 aromatic heterocycles. The molecule has 23 heavy (non-hydrogen) atoms. The fraction of sp³-hybridized carbons (Fsp3) is 0.588. The van der Waals surface area contributed by atoms with Gasteiger partial charge in [0.25, 0.3) is 0 Å². The Labute approximate surface area is 136 Å². The maximum atomic E-state index is 12.6. The Morgan fingerprint density at radius 3 is 2.61 bits per heavy atom. The summed E-state index contributed by atoms with van der Waals surface area (Å²) < 4.78 is 1.71. The molecule has 1 aromatic carbocycles. The normalized spacial score (nSPS) is 20.4. The number of fused-ring (bicyclic) bond motifs is 1. The van der Waals surface area contributed by atoms with Gasteiger partial charge in [-0.05, 0) is 25.0 Å². The van der Waals surface area contributed by atoms with Crippen LogP contribution in [0.3, 0.4) is 0 Å². The molecule has 1 aliphatic heterocycles. The lowest BCUT2D eigenvalue weighted by molar-refractivity contribution is -0.134. The quantitative estimate of drug-likeness (QED) is 0.862. The van der Waals surface area contributed by atoms with Crippen LogP contribution in [0.15, 0.2) is 24.3 Å². The van der Waals surface area contributed by atoms with E-state index < -0.39 is 0 Å². The van der Waals surface area contributed by atoms with Crippen LogP contribution in [0.5, 0.6) is 0 Å². The molecular formula is C17H23N5O. The number of hydrogen-bond donors (Lipinski definition) is 0. The van der Waals surface area contributed by atoms with E-state index in [1.165, 1.54) is 25.7 Å². The van der Waals surface area contributed by atoms with Crippen LogP contribution < -0.4 is 0 Å². The third-order valence-electron chi connectivity index (χ3n) is 5.21. The molecule has 4 rings (SSSR count). The number of aromatic nitrogens is 3. The van der Waals surface area contributed by atoms with Gasteiger partial charge in [0.1, 0.15) is 12.1 Å². The van der Waals surface area contributed by atoms with E-state index in [0.29, 0.717) is 0 Å². The smallest absolute Gasteiger partial charge is 0.244 e. The highest BCUT2D eigenvalue weighted by molar-refractivity contribution is 5.79. The second-order valence-electron chi connectivity index (χ2n) is 6.59. The predicted octanol–water partition coefficient (Wildman–Crippen LogP) is 1.52. The van der Waals surface area contributed by atoms with E-state index >= 15 is 0 Å². The molecule has 0 bridgehead atoms. The lowest BCUT2D eigenvalue weighted by Gasteiger charge is -2.38. The lowest BCUT2D eigenvalue weighted by Crippen LogP contribution is -2.52. The van der Waals surface area contributed by atoms with Gasteiger partial charge in [0.2, 0.25) is 5.91 Å². The van der Waals surface area contributed by atoms with Gasteiger partial charge < -0.3 is 4.90 Å². The predicted molar refractivity (Wildman–Crippen MR) is 87.9 cm³/mol. The van der Waals surface area contributed by atoms with Crippen LogP contribution in [-0.2, 0) is 11.3 Å². The minimum Gasteiger partial charge on any atom is -0.339 e. The molecule has 2 heterocycles. The van der Waals surface area contributed by atoms with E-state index in [1.807, 2.05) is 29.2 Å². The maximum Gasteiger partial charge on any atom is 0.244 e. The topological polar surface area (TPSA) is 54.3 Å². The molecule has 0 radical (unpaired) electrons. The largest absolute Gasteiger partial charge is 0.339 e. The second kappa shape index (κ2) is 6.28. The van der Waals surface area contributed by atoms with E-state index in [2.05, 4.69) is 15.2 Å². The Kier molecular flexibility index (Phi) is 3.99. The Morgan fingerprint density at radius 2 is 1.83 bits per heavy atom. The summed E-state index contributed by atoms with van der Waals surface area (Å²) in [7, 11) is 0. The standard InChI is InChI=1S/C17H23N5O/c23-17(13-22-16-8-4-3-7-15(16)18-19-22)21-11-9-20(10-12-21)14-5-1-2-6-14/h3-4,7-8,14H,1-2,5-6,9-13H2. The molecule has 1 aliphatic carbocycles. The highest BCUT2D eigenvalue weighted by Crippen LogP contribution is 2.24. The highest BCUT2D eigenvalue weighted by Gasteiger charge is 2.28. The first kappa shape index (κ1) is 14.6. The zero-order valence-electron chi connectivity index (χ0n) is 13.4. The highest BCUT2D eigenvalue weighted by atomic mass is 16.2. The molecular weight excluding hydrogens is 290 g/mol. The summed E-state index contributed by atoms with van der Waals surface area (Å²) in [6.45, 7) is 3.97. The van der Waals surface area contributed by atoms with Crippen molar-refractivity contribution in [2.45, 2.75) is 38.3 Å². The number of para-hydroxylation sites is 1. The SMILES string of the molecule is O=C(Cn1nnc2ccccc21)N1CCN(C2CCCC2)CC1. The van der Waals surface area contributed by atoms with Crippen molar-refractivity contribution in [1.82, 2.24) is 24.8 Å². The van der Waals surface area contributed by atoms with Crippen LogP contribution in [0.2, 0.25) is 0 Å². The molecule has 1 saturated carbocycles. The minimum absolute atomic E-state index is 0.145. The van der Waals surface area contributed by atoms with Gasteiger partial charge in [0.15, 0.2) is 0 Å². The van der Waals surface area contributed by atoms with E-state index in [1.54, 1.807) is 4.68 Å². The third kappa shape index (κ3) is 2.95. The Balaban J connectivity index is 1.36. The van der Waals surface area contributed by atoms with Gasteiger partial charge in [-0.15, -0.1) is 5.10 Å². The van der Waals surface area contributed by atoms with E-state index in [4.69, 9.17) is 0 Å². The van der Waals surface area contributed by atoms with Crippen molar-refractivity contribution in [2.24, 2.45) is 0 Å². The summed E-state index contributed by atoms with van der Waals surface area (Å²) in [5.41, 5.74) is 1.76. The summed E-state index contributed by atoms with van der Waals surface area (Å²) in [5.74, 6) is 0.145. The number of rotatable bonds is 3. The zero-order valence-corrected chi connectivity index (χ0v) is 13.4. The zero-order chi connectivity index (χ0) is 15.6. The Morgan fingerprint density at radius 1 is 1.09 bits per heavy atom. The van der Waals surface area contributed by atoms with Gasteiger partial charge in [0.05, 0.1) is 5.52 Å². The van der Waals surface area contributed by atoms with Crippen molar-refractivity contribution in [3.8, 4) is 0 Å². The molecule has 2 fully saturated rings. The number of nitrogens with zero attached hydrogens (tertiary/aromatic N) is 5. The molecule has 122 valence electrons. The molecule has 0 unspecified atom stereocenters. The number of hydrogen-bond acceptors (Lipinski definition) is 4. The number of carbonyl (C=O) groups excluding carboxylic acids is 1. The maximum absolute atomic E-state index is 12.6. The lowest BCUT2D eigenvalue weighted by atomic mass is 10.2. The second-order valence-corrected chi connectivity index (χ2v) is 6.59. The Hall–Kier alpha value is -1.95. The van der Waals surface area contributed by atoms with E-state index in [-0.39, 0.29) is 12.5 Å². The van der Waals surface area contributed by atoms with E-state index in [0.717, 1.165) is 43.3 Å². The number of amides is 1. The molecule has 1 amide bonds. The van der Waals surface area contributed by atoms with Crippen molar-refractivity contribution in [3.63, 3.8) is 0 Å². The molecule has 2 aliphatic rings. The van der Waals surface area contributed by atoms with Crippen molar-refractivity contribution in [1.29, 1.82) is 0 Å². The number of piperazine rings is 1. The summed E-state index contributed by atoms with van der Waals surface area (Å²) in [6, 6.07) is 8.52. The average Bonchev–Trinajstić information content (AvgIpc) is 3.25. The molecule has 0 N–H and O–H groups in total. The first-order valence-electron chi connectivity index (χ1n) is 8.61. The monoisotopic (exact) mass is 313 g/mol. The van der Waals surface area contributed by atoms with Gasteiger partial charge in [-0.3, -0.25) is 9.69 Å². The van der Waals surface area contributed by atoms with Gasteiger partial charge >= 0.3 is 0 Å². The average molecular weight is 313 g/mol. The molecule has 6 nitrogen and oxygen atoms in total. The van der Waals surface area contributed by atoms with Gasteiger partial charge in [-0.2, -0.15) is 0 Å². The van der Waals surface area contributed by atoms with Gasteiger partial charge in [0, 0.05) is 32.2 Å². The first-order chi connectivity index (χ1) is 11.3. The molecule has 2 aromatic rings. The van der Waals surface area contributed by atoms with Gasteiger partial charge in [-0.1, -0.05) is 30.2 Å². The summed E-state index contributed by atoms with van der Waals surface area (Å²) in [6.07, 6.45) is 5.39. The van der Waals surface area contributed by atoms with Crippen LogP contribution in [0, 0.1) is 0 Å².